The first kappa shape index (κ1) is 21.0. The first-order chi connectivity index (χ1) is 15.3. The highest BCUT2D eigenvalue weighted by molar-refractivity contribution is 5.54. The van der Waals surface area contributed by atoms with Gasteiger partial charge in [0, 0.05) is 24.7 Å². The topological polar surface area (TPSA) is 90.1 Å². The van der Waals surface area contributed by atoms with Crippen LogP contribution in [0.15, 0.2) is 42.6 Å². The van der Waals surface area contributed by atoms with Crippen LogP contribution in [0.5, 0.6) is 0 Å². The fourth-order valence-corrected chi connectivity index (χ4v) is 3.71. The van der Waals surface area contributed by atoms with Gasteiger partial charge in [-0.2, -0.15) is 10.3 Å². The Morgan fingerprint density at radius 1 is 0.935 bits per heavy atom. The molecule has 31 heavy (non-hydrogen) atoms. The van der Waals surface area contributed by atoms with Crippen LogP contribution in [0.3, 0.4) is 0 Å². The Bertz CT molecular complexity index is 1060. The van der Waals surface area contributed by atoms with Crippen molar-refractivity contribution in [1.82, 2.24) is 40.0 Å². The van der Waals surface area contributed by atoms with E-state index in [9.17, 15) is 0 Å². The summed E-state index contributed by atoms with van der Waals surface area (Å²) in [5.41, 5.74) is 3.16. The summed E-state index contributed by atoms with van der Waals surface area (Å²) in [4.78, 5) is 4.84. The number of aromatic amines is 1. The molecule has 8 nitrogen and oxygen atoms in total. The summed E-state index contributed by atoms with van der Waals surface area (Å²) in [6, 6.07) is 12.5. The third-order valence-corrected chi connectivity index (χ3v) is 5.42. The summed E-state index contributed by atoms with van der Waals surface area (Å²) < 4.78 is 4.15. The molecular weight excluding hydrogens is 388 g/mol. The molecule has 0 radical (unpaired) electrons. The van der Waals surface area contributed by atoms with Gasteiger partial charge in [-0.1, -0.05) is 45.2 Å². The second-order valence-corrected chi connectivity index (χ2v) is 7.83. The minimum Gasteiger partial charge on any atom is -0.314 e. The van der Waals surface area contributed by atoms with Crippen molar-refractivity contribution in [1.29, 1.82) is 0 Å². The molecule has 0 bridgehead atoms. The first-order valence-corrected chi connectivity index (χ1v) is 11.2. The van der Waals surface area contributed by atoms with E-state index in [0.29, 0.717) is 5.82 Å². The van der Waals surface area contributed by atoms with Crippen molar-refractivity contribution in [2.24, 2.45) is 0 Å². The van der Waals surface area contributed by atoms with Crippen LogP contribution in [0.2, 0.25) is 0 Å². The number of aromatic nitrogens is 8. The number of hydrogen-bond donors (Lipinski definition) is 1. The summed E-state index contributed by atoms with van der Waals surface area (Å²) >= 11 is 0. The number of hydrogen-bond acceptors (Lipinski definition) is 5. The molecule has 4 rings (SSSR count). The Kier molecular flexibility index (Phi) is 6.86. The molecule has 0 aliphatic rings. The van der Waals surface area contributed by atoms with Crippen LogP contribution in [0.25, 0.3) is 17.2 Å². The molecular formula is C23H30N8. The van der Waals surface area contributed by atoms with Crippen molar-refractivity contribution < 1.29 is 0 Å². The zero-order chi connectivity index (χ0) is 21.5. The predicted molar refractivity (Wildman–Crippen MR) is 120 cm³/mol. The van der Waals surface area contributed by atoms with E-state index in [1.807, 2.05) is 18.3 Å². The average Bonchev–Trinajstić information content (AvgIpc) is 3.54. The molecule has 4 aromatic rings. The summed E-state index contributed by atoms with van der Waals surface area (Å²) in [7, 11) is 0. The third-order valence-electron chi connectivity index (χ3n) is 5.42. The lowest BCUT2D eigenvalue weighted by atomic mass is 10.2. The highest BCUT2D eigenvalue weighted by Crippen LogP contribution is 2.21. The molecule has 3 aromatic heterocycles. The van der Waals surface area contributed by atoms with Crippen LogP contribution in [0, 0.1) is 0 Å². The monoisotopic (exact) mass is 418 g/mol. The van der Waals surface area contributed by atoms with Crippen LogP contribution in [0.4, 0.5) is 0 Å². The Morgan fingerprint density at radius 2 is 1.77 bits per heavy atom. The summed E-state index contributed by atoms with van der Waals surface area (Å²) in [5, 5.41) is 19.2. The molecule has 1 aromatic carbocycles. The molecule has 8 heteroatoms. The normalized spacial score (nSPS) is 11.3. The van der Waals surface area contributed by atoms with Crippen LogP contribution in [-0.4, -0.2) is 40.0 Å². The van der Waals surface area contributed by atoms with E-state index in [1.54, 1.807) is 0 Å². The molecule has 1 N–H and O–H groups in total. The van der Waals surface area contributed by atoms with Gasteiger partial charge in [-0.3, -0.25) is 0 Å². The van der Waals surface area contributed by atoms with Gasteiger partial charge in [-0.05, 0) is 47.9 Å². The van der Waals surface area contributed by atoms with Gasteiger partial charge in [-0.15, -0.1) is 10.2 Å². The molecule has 0 amide bonds. The van der Waals surface area contributed by atoms with Gasteiger partial charge >= 0.3 is 0 Å². The lowest BCUT2D eigenvalue weighted by molar-refractivity contribution is 0.602. The molecule has 0 atom stereocenters. The Hall–Kier alpha value is -3.29. The maximum absolute atomic E-state index is 4.84. The molecule has 0 fully saturated rings. The smallest absolute Gasteiger partial charge is 0.221 e. The Labute approximate surface area is 182 Å². The fraction of sp³-hybridized carbons (Fsp3) is 0.435. The maximum atomic E-state index is 4.84. The minimum absolute atomic E-state index is 0.577. The molecule has 0 unspecified atom stereocenters. The van der Waals surface area contributed by atoms with Crippen molar-refractivity contribution in [3.05, 3.63) is 59.8 Å². The second kappa shape index (κ2) is 10.1. The molecule has 0 saturated heterocycles. The zero-order valence-corrected chi connectivity index (χ0v) is 18.3. The molecule has 0 aliphatic heterocycles. The number of benzene rings is 1. The van der Waals surface area contributed by atoms with Gasteiger partial charge in [0.05, 0.1) is 12.2 Å². The van der Waals surface area contributed by atoms with Crippen molar-refractivity contribution in [3.8, 4) is 17.2 Å². The van der Waals surface area contributed by atoms with E-state index in [0.717, 1.165) is 61.7 Å². The second-order valence-electron chi connectivity index (χ2n) is 7.83. The van der Waals surface area contributed by atoms with Crippen LogP contribution >= 0.6 is 0 Å². The Morgan fingerprint density at radius 3 is 2.52 bits per heavy atom. The minimum atomic E-state index is 0.577. The number of aryl methyl sites for hydroxylation is 2. The maximum Gasteiger partial charge on any atom is 0.221 e. The molecule has 0 spiro atoms. The van der Waals surface area contributed by atoms with E-state index < -0.39 is 0 Å². The van der Waals surface area contributed by atoms with Gasteiger partial charge in [0.15, 0.2) is 5.82 Å². The number of nitrogens with one attached hydrogen (secondary N) is 1. The summed E-state index contributed by atoms with van der Waals surface area (Å²) in [5.74, 6) is 2.66. The zero-order valence-electron chi connectivity index (χ0n) is 18.3. The van der Waals surface area contributed by atoms with E-state index >= 15 is 0 Å². The highest BCUT2D eigenvalue weighted by atomic mass is 15.5. The highest BCUT2D eigenvalue weighted by Gasteiger charge is 2.12. The lowest BCUT2D eigenvalue weighted by Gasteiger charge is -2.09. The van der Waals surface area contributed by atoms with E-state index in [-0.39, 0.29) is 0 Å². The van der Waals surface area contributed by atoms with Crippen molar-refractivity contribution >= 4 is 0 Å². The number of H-pyrrole nitrogens is 1. The average molecular weight is 419 g/mol. The van der Waals surface area contributed by atoms with Crippen molar-refractivity contribution in [2.45, 2.75) is 65.3 Å². The van der Waals surface area contributed by atoms with Crippen LogP contribution < -0.4 is 0 Å². The van der Waals surface area contributed by atoms with Gasteiger partial charge in [0.1, 0.15) is 5.82 Å². The molecule has 0 aliphatic carbocycles. The molecule has 0 saturated carbocycles. The molecule has 3 heterocycles. The summed E-state index contributed by atoms with van der Waals surface area (Å²) in [6.45, 7) is 5.17. The van der Waals surface area contributed by atoms with E-state index in [2.05, 4.69) is 68.0 Å². The summed E-state index contributed by atoms with van der Waals surface area (Å²) in [6.07, 6.45) is 9.84. The number of nitrogens with zero attached hydrogens (tertiary/aromatic N) is 7. The SMILES string of the molecule is CCCCCc1nc(CCCC)nn1Cc1ccc(-n2cccc2-c2nn[nH]n2)cc1. The largest absolute Gasteiger partial charge is 0.314 e. The fourth-order valence-electron chi connectivity index (χ4n) is 3.71. The number of rotatable bonds is 11. The Balaban J connectivity index is 1.51. The molecule has 162 valence electrons. The van der Waals surface area contributed by atoms with Gasteiger partial charge < -0.3 is 4.57 Å². The standard InChI is InChI=1S/C23H30N8/c1-3-5-7-11-22-24-21(10-6-4-2)27-31(22)17-18-12-14-19(15-13-18)30-16-8-9-20(30)23-25-28-29-26-23/h8-9,12-16H,3-7,10-11,17H2,1-2H3,(H,25,26,28,29). The van der Waals surface area contributed by atoms with Gasteiger partial charge in [0.25, 0.3) is 0 Å². The third kappa shape index (κ3) is 5.07. The van der Waals surface area contributed by atoms with Gasteiger partial charge in [-0.25, -0.2) is 9.67 Å². The number of tetrazole rings is 1. The lowest BCUT2D eigenvalue weighted by Crippen LogP contribution is -2.07. The van der Waals surface area contributed by atoms with E-state index in [1.165, 1.54) is 18.4 Å². The van der Waals surface area contributed by atoms with Gasteiger partial charge in [0.2, 0.25) is 5.82 Å². The van der Waals surface area contributed by atoms with E-state index in [4.69, 9.17) is 10.1 Å². The quantitative estimate of drug-likeness (QED) is 0.365. The predicted octanol–water partition coefficient (Wildman–Crippen LogP) is 4.37. The van der Waals surface area contributed by atoms with Crippen molar-refractivity contribution in [3.63, 3.8) is 0 Å². The van der Waals surface area contributed by atoms with Crippen LogP contribution in [-0.2, 0) is 19.4 Å². The van der Waals surface area contributed by atoms with Crippen LogP contribution in [0.1, 0.15) is 63.2 Å². The van der Waals surface area contributed by atoms with Crippen molar-refractivity contribution in [2.75, 3.05) is 0 Å². The number of unbranched alkanes of at least 4 members (excludes halogenated alkanes) is 3. The first-order valence-electron chi connectivity index (χ1n) is 11.2.